The van der Waals surface area contributed by atoms with Gasteiger partial charge in [-0.2, -0.15) is 0 Å². The Morgan fingerprint density at radius 2 is 2.08 bits per heavy atom. The maximum absolute atomic E-state index is 10.6. The standard InChI is InChI=1S/C9H12O4/c1-5-4-6(8(10)11)2-3-7(5)9(12)13/h3,5-6H,2,4H2,1H3,(H,10,11)(H,12,13). The summed E-state index contributed by atoms with van der Waals surface area (Å²) in [5, 5.41) is 17.4. The Hall–Kier alpha value is -1.32. The van der Waals surface area contributed by atoms with Crippen LogP contribution in [0.1, 0.15) is 19.8 Å². The van der Waals surface area contributed by atoms with Gasteiger partial charge >= 0.3 is 11.9 Å². The summed E-state index contributed by atoms with van der Waals surface area (Å²) in [6.07, 6.45) is 2.28. The van der Waals surface area contributed by atoms with Crippen molar-refractivity contribution in [1.82, 2.24) is 0 Å². The third-order valence-electron chi connectivity index (χ3n) is 2.39. The van der Waals surface area contributed by atoms with Crippen LogP contribution in [0.25, 0.3) is 0 Å². The van der Waals surface area contributed by atoms with E-state index in [1.165, 1.54) is 6.08 Å². The van der Waals surface area contributed by atoms with Gasteiger partial charge in [0.15, 0.2) is 0 Å². The molecular weight excluding hydrogens is 172 g/mol. The second kappa shape index (κ2) is 3.60. The van der Waals surface area contributed by atoms with E-state index in [0.29, 0.717) is 18.4 Å². The van der Waals surface area contributed by atoms with Gasteiger partial charge in [-0.3, -0.25) is 4.79 Å². The predicted octanol–water partition coefficient (Wildman–Crippen LogP) is 1.13. The van der Waals surface area contributed by atoms with Crippen LogP contribution in [-0.4, -0.2) is 22.2 Å². The van der Waals surface area contributed by atoms with E-state index in [0.717, 1.165) is 0 Å². The summed E-state index contributed by atoms with van der Waals surface area (Å²) in [7, 11) is 0. The Morgan fingerprint density at radius 1 is 1.46 bits per heavy atom. The van der Waals surface area contributed by atoms with Crippen LogP contribution < -0.4 is 0 Å². The fourth-order valence-corrected chi connectivity index (χ4v) is 1.62. The summed E-state index contributed by atoms with van der Waals surface area (Å²) in [5.41, 5.74) is 0.345. The molecule has 0 saturated heterocycles. The molecule has 0 aromatic rings. The average molecular weight is 184 g/mol. The third kappa shape index (κ3) is 2.08. The molecule has 72 valence electrons. The molecule has 0 aromatic heterocycles. The van der Waals surface area contributed by atoms with Crippen molar-refractivity contribution >= 4 is 11.9 Å². The van der Waals surface area contributed by atoms with Gasteiger partial charge in [-0.15, -0.1) is 0 Å². The summed E-state index contributed by atoms with van der Waals surface area (Å²) in [6.45, 7) is 1.75. The highest BCUT2D eigenvalue weighted by molar-refractivity contribution is 5.87. The molecule has 2 unspecified atom stereocenters. The van der Waals surface area contributed by atoms with E-state index in [2.05, 4.69) is 0 Å². The van der Waals surface area contributed by atoms with Gasteiger partial charge in [-0.1, -0.05) is 13.0 Å². The smallest absolute Gasteiger partial charge is 0.331 e. The third-order valence-corrected chi connectivity index (χ3v) is 2.39. The molecule has 1 aliphatic rings. The Kier molecular flexibility index (Phi) is 2.70. The first-order valence-electron chi connectivity index (χ1n) is 4.18. The van der Waals surface area contributed by atoms with Crippen molar-refractivity contribution in [3.63, 3.8) is 0 Å². The van der Waals surface area contributed by atoms with Crippen molar-refractivity contribution in [3.05, 3.63) is 11.6 Å². The molecule has 1 rings (SSSR count). The Labute approximate surface area is 75.9 Å². The van der Waals surface area contributed by atoms with Crippen LogP contribution in [0.4, 0.5) is 0 Å². The highest BCUT2D eigenvalue weighted by atomic mass is 16.4. The van der Waals surface area contributed by atoms with Crippen molar-refractivity contribution < 1.29 is 19.8 Å². The molecule has 0 spiro atoms. The van der Waals surface area contributed by atoms with Gasteiger partial charge in [0.1, 0.15) is 0 Å². The first kappa shape index (κ1) is 9.77. The summed E-state index contributed by atoms with van der Waals surface area (Å²) in [4.78, 5) is 21.2. The van der Waals surface area contributed by atoms with Crippen LogP contribution in [0, 0.1) is 11.8 Å². The summed E-state index contributed by atoms with van der Waals surface area (Å²) in [5.74, 6) is -2.35. The molecule has 13 heavy (non-hydrogen) atoms. The lowest BCUT2D eigenvalue weighted by Gasteiger charge is -2.22. The Balaban J connectivity index is 2.75. The number of hydrogen-bond donors (Lipinski definition) is 2. The first-order chi connectivity index (χ1) is 6.02. The maximum Gasteiger partial charge on any atom is 0.331 e. The SMILES string of the molecule is CC1CC(C(=O)O)CC=C1C(=O)O. The molecule has 0 amide bonds. The summed E-state index contributed by atoms with van der Waals surface area (Å²) < 4.78 is 0. The molecule has 0 aromatic carbocycles. The topological polar surface area (TPSA) is 74.6 Å². The number of rotatable bonds is 2. The Bertz CT molecular complexity index is 267. The van der Waals surface area contributed by atoms with Gasteiger partial charge in [0, 0.05) is 5.57 Å². The minimum atomic E-state index is -0.934. The largest absolute Gasteiger partial charge is 0.481 e. The highest BCUT2D eigenvalue weighted by Crippen LogP contribution is 2.28. The van der Waals surface area contributed by atoms with E-state index in [1.54, 1.807) is 6.92 Å². The molecule has 0 fully saturated rings. The van der Waals surface area contributed by atoms with Gasteiger partial charge in [0.25, 0.3) is 0 Å². The zero-order chi connectivity index (χ0) is 10.0. The van der Waals surface area contributed by atoms with Gasteiger partial charge in [0.05, 0.1) is 5.92 Å². The van der Waals surface area contributed by atoms with Crippen LogP contribution >= 0.6 is 0 Å². The fraction of sp³-hybridized carbons (Fsp3) is 0.556. The van der Waals surface area contributed by atoms with E-state index >= 15 is 0 Å². The molecular formula is C9H12O4. The van der Waals surface area contributed by atoms with Crippen molar-refractivity contribution in [2.75, 3.05) is 0 Å². The minimum absolute atomic E-state index is 0.160. The van der Waals surface area contributed by atoms with Gasteiger partial charge in [-0.05, 0) is 18.8 Å². The van der Waals surface area contributed by atoms with E-state index in [4.69, 9.17) is 10.2 Å². The molecule has 2 N–H and O–H groups in total. The number of allylic oxidation sites excluding steroid dienone is 1. The quantitative estimate of drug-likeness (QED) is 0.674. The molecule has 4 heteroatoms. The molecule has 4 nitrogen and oxygen atoms in total. The van der Waals surface area contributed by atoms with Crippen molar-refractivity contribution in [2.45, 2.75) is 19.8 Å². The minimum Gasteiger partial charge on any atom is -0.481 e. The van der Waals surface area contributed by atoms with E-state index in [9.17, 15) is 9.59 Å². The predicted molar refractivity (Wildman–Crippen MR) is 45.2 cm³/mol. The van der Waals surface area contributed by atoms with Crippen molar-refractivity contribution in [3.8, 4) is 0 Å². The van der Waals surface area contributed by atoms with Crippen LogP contribution in [0.3, 0.4) is 0 Å². The summed E-state index contributed by atoms with van der Waals surface area (Å²) >= 11 is 0. The number of carbonyl (C=O) groups is 2. The van der Waals surface area contributed by atoms with Crippen molar-refractivity contribution in [2.24, 2.45) is 11.8 Å². The molecule has 0 aliphatic heterocycles. The number of hydrogen-bond acceptors (Lipinski definition) is 2. The monoisotopic (exact) mass is 184 g/mol. The highest BCUT2D eigenvalue weighted by Gasteiger charge is 2.28. The van der Waals surface area contributed by atoms with E-state index in [1.807, 2.05) is 0 Å². The molecule has 0 heterocycles. The zero-order valence-corrected chi connectivity index (χ0v) is 7.36. The lowest BCUT2D eigenvalue weighted by atomic mass is 9.82. The van der Waals surface area contributed by atoms with Crippen LogP contribution in [-0.2, 0) is 9.59 Å². The lowest BCUT2D eigenvalue weighted by Crippen LogP contribution is -2.23. The van der Waals surface area contributed by atoms with E-state index in [-0.39, 0.29) is 5.92 Å². The normalized spacial score (nSPS) is 27.9. The van der Waals surface area contributed by atoms with Crippen molar-refractivity contribution in [1.29, 1.82) is 0 Å². The zero-order valence-electron chi connectivity index (χ0n) is 7.36. The lowest BCUT2D eigenvalue weighted by molar-refractivity contribution is -0.143. The second-order valence-corrected chi connectivity index (χ2v) is 3.37. The molecule has 0 saturated carbocycles. The van der Waals surface area contributed by atoms with Crippen LogP contribution in [0.5, 0.6) is 0 Å². The summed E-state index contributed by atoms with van der Waals surface area (Å²) in [6, 6.07) is 0. The average Bonchev–Trinajstić information content (AvgIpc) is 2.03. The number of aliphatic carboxylic acids is 2. The molecule has 0 bridgehead atoms. The number of carboxylic acid groups (broad SMARTS) is 2. The molecule has 2 atom stereocenters. The second-order valence-electron chi connectivity index (χ2n) is 3.37. The van der Waals surface area contributed by atoms with Gasteiger partial charge < -0.3 is 10.2 Å². The van der Waals surface area contributed by atoms with Gasteiger partial charge in [0.2, 0.25) is 0 Å². The molecule has 0 radical (unpaired) electrons. The molecule has 1 aliphatic carbocycles. The van der Waals surface area contributed by atoms with Crippen LogP contribution in [0.15, 0.2) is 11.6 Å². The first-order valence-corrected chi connectivity index (χ1v) is 4.18. The maximum atomic E-state index is 10.6. The van der Waals surface area contributed by atoms with Crippen LogP contribution in [0.2, 0.25) is 0 Å². The van der Waals surface area contributed by atoms with E-state index < -0.39 is 17.9 Å². The fourth-order valence-electron chi connectivity index (χ4n) is 1.62. The number of carboxylic acids is 2. The van der Waals surface area contributed by atoms with Gasteiger partial charge in [-0.25, -0.2) is 4.79 Å². The Morgan fingerprint density at radius 3 is 2.46 bits per heavy atom.